The molecule has 1 heterocycles. The maximum atomic E-state index is 12.0. The van der Waals surface area contributed by atoms with Crippen molar-refractivity contribution >= 4 is 12.4 Å². The highest BCUT2D eigenvalue weighted by atomic mass is 16.6. The number of furan rings is 1. The van der Waals surface area contributed by atoms with E-state index in [2.05, 4.69) is 0 Å². The van der Waals surface area contributed by atoms with E-state index >= 15 is 0 Å². The minimum atomic E-state index is -0.843. The van der Waals surface area contributed by atoms with E-state index < -0.39 is 17.7 Å². The van der Waals surface area contributed by atoms with Gasteiger partial charge < -0.3 is 18.7 Å². The lowest BCUT2D eigenvalue weighted by Crippen LogP contribution is -2.37. The Morgan fingerprint density at radius 2 is 2.15 bits per heavy atom. The van der Waals surface area contributed by atoms with Crippen LogP contribution in [-0.4, -0.2) is 37.0 Å². The quantitative estimate of drug-likeness (QED) is 0.777. The summed E-state index contributed by atoms with van der Waals surface area (Å²) in [6, 6.07) is 0.864. The normalized spacial score (nSPS) is 12.8. The van der Waals surface area contributed by atoms with Gasteiger partial charge in [0.25, 0.3) is 0 Å². The molecule has 0 spiro atoms. The lowest BCUT2D eigenvalue weighted by atomic mass is 10.1. The lowest BCUT2D eigenvalue weighted by molar-refractivity contribution is -0.112. The summed E-state index contributed by atoms with van der Waals surface area (Å²) in [6.45, 7) is 5.59. The molecule has 6 nitrogen and oxygen atoms in total. The molecule has 20 heavy (non-hydrogen) atoms. The molecule has 0 aliphatic heterocycles. The van der Waals surface area contributed by atoms with Crippen LogP contribution in [0.3, 0.4) is 0 Å². The number of carbonyl (C=O) groups excluding carboxylic acids is 2. The van der Waals surface area contributed by atoms with E-state index in [-0.39, 0.29) is 0 Å². The molecule has 1 rings (SSSR count). The molecule has 0 aromatic carbocycles. The molecule has 1 amide bonds. The van der Waals surface area contributed by atoms with E-state index in [4.69, 9.17) is 13.9 Å². The summed E-state index contributed by atoms with van der Waals surface area (Å²) >= 11 is 0. The number of likely N-dealkylation sites (N-methyl/N-ethyl adjacent to an activating group) is 1. The molecular formula is C14H21NO5. The minimum absolute atomic E-state index is 0.304. The Kier molecular flexibility index (Phi) is 5.33. The molecule has 0 saturated carbocycles. The van der Waals surface area contributed by atoms with Crippen molar-refractivity contribution in [2.75, 3.05) is 14.2 Å². The number of carbonyl (C=O) groups is 2. The standard InChI is InChI=1S/C14H21NO5/c1-14(2,3)20-13(17)15(4)11(8-16)12-10(9-18-5)6-7-19-12/h6-8,11H,9H2,1-5H3. The van der Waals surface area contributed by atoms with Crippen LogP contribution in [0.4, 0.5) is 4.79 Å². The monoisotopic (exact) mass is 283 g/mol. The van der Waals surface area contributed by atoms with Gasteiger partial charge in [0, 0.05) is 19.7 Å². The number of methoxy groups -OCH3 is 1. The van der Waals surface area contributed by atoms with Gasteiger partial charge in [-0.05, 0) is 26.8 Å². The van der Waals surface area contributed by atoms with Crippen LogP contribution in [-0.2, 0) is 20.9 Å². The van der Waals surface area contributed by atoms with Crippen LogP contribution in [0.5, 0.6) is 0 Å². The lowest BCUT2D eigenvalue weighted by Gasteiger charge is -2.27. The van der Waals surface area contributed by atoms with Gasteiger partial charge >= 0.3 is 6.09 Å². The number of amides is 1. The Morgan fingerprint density at radius 3 is 2.65 bits per heavy atom. The summed E-state index contributed by atoms with van der Waals surface area (Å²) in [5, 5.41) is 0. The second-order valence-electron chi connectivity index (χ2n) is 5.42. The fourth-order valence-electron chi connectivity index (χ4n) is 1.66. The maximum absolute atomic E-state index is 12.0. The third kappa shape index (κ3) is 4.09. The van der Waals surface area contributed by atoms with Crippen molar-refractivity contribution in [1.29, 1.82) is 0 Å². The first-order valence-electron chi connectivity index (χ1n) is 6.26. The van der Waals surface area contributed by atoms with Gasteiger partial charge in [-0.15, -0.1) is 0 Å². The zero-order valence-corrected chi connectivity index (χ0v) is 12.5. The van der Waals surface area contributed by atoms with Crippen molar-refractivity contribution in [3.8, 4) is 0 Å². The first-order valence-corrected chi connectivity index (χ1v) is 6.26. The van der Waals surface area contributed by atoms with E-state index in [1.54, 1.807) is 33.9 Å². The minimum Gasteiger partial charge on any atom is -0.466 e. The highest BCUT2D eigenvalue weighted by Gasteiger charge is 2.29. The first-order chi connectivity index (χ1) is 9.30. The Balaban J connectivity index is 2.92. The first kappa shape index (κ1) is 16.2. The van der Waals surface area contributed by atoms with Crippen molar-refractivity contribution in [1.82, 2.24) is 4.90 Å². The third-order valence-corrected chi connectivity index (χ3v) is 2.58. The average Bonchev–Trinajstić information content (AvgIpc) is 2.77. The van der Waals surface area contributed by atoms with E-state index in [1.807, 2.05) is 0 Å². The van der Waals surface area contributed by atoms with E-state index in [0.717, 1.165) is 5.56 Å². The van der Waals surface area contributed by atoms with Crippen molar-refractivity contribution in [3.63, 3.8) is 0 Å². The molecule has 1 atom stereocenters. The van der Waals surface area contributed by atoms with Gasteiger partial charge in [-0.1, -0.05) is 0 Å². The van der Waals surface area contributed by atoms with Gasteiger partial charge in [0.2, 0.25) is 0 Å². The highest BCUT2D eigenvalue weighted by molar-refractivity contribution is 5.74. The van der Waals surface area contributed by atoms with Crippen LogP contribution in [0.15, 0.2) is 16.7 Å². The van der Waals surface area contributed by atoms with Crippen molar-refractivity contribution in [2.24, 2.45) is 0 Å². The van der Waals surface area contributed by atoms with Crippen molar-refractivity contribution in [2.45, 2.75) is 39.0 Å². The zero-order valence-electron chi connectivity index (χ0n) is 12.5. The highest BCUT2D eigenvalue weighted by Crippen LogP contribution is 2.24. The summed E-state index contributed by atoms with van der Waals surface area (Å²) in [7, 11) is 3.04. The zero-order chi connectivity index (χ0) is 15.3. The molecule has 0 N–H and O–H groups in total. The van der Waals surface area contributed by atoms with Crippen LogP contribution in [0.2, 0.25) is 0 Å². The summed E-state index contributed by atoms with van der Waals surface area (Å²) < 4.78 is 15.6. The molecule has 0 saturated heterocycles. The van der Waals surface area contributed by atoms with Crippen LogP contribution in [0, 0.1) is 0 Å². The number of hydrogen-bond donors (Lipinski definition) is 0. The SMILES string of the molecule is COCc1ccoc1C(C=O)N(C)C(=O)OC(C)(C)C. The molecular weight excluding hydrogens is 262 g/mol. The molecule has 6 heteroatoms. The largest absolute Gasteiger partial charge is 0.466 e. The maximum Gasteiger partial charge on any atom is 0.411 e. The Hall–Kier alpha value is -1.82. The predicted octanol–water partition coefficient (Wildman–Crippen LogP) is 2.53. The van der Waals surface area contributed by atoms with E-state index in [9.17, 15) is 9.59 Å². The van der Waals surface area contributed by atoms with Crippen molar-refractivity contribution in [3.05, 3.63) is 23.7 Å². The number of hydrogen-bond acceptors (Lipinski definition) is 5. The van der Waals surface area contributed by atoms with Crippen LogP contribution >= 0.6 is 0 Å². The summed E-state index contributed by atoms with van der Waals surface area (Å²) in [5.41, 5.74) is 0.0946. The van der Waals surface area contributed by atoms with Gasteiger partial charge in [0.05, 0.1) is 12.9 Å². The molecule has 0 bridgehead atoms. The smallest absolute Gasteiger partial charge is 0.411 e. The summed E-state index contributed by atoms with van der Waals surface area (Å²) in [5.74, 6) is 0.384. The predicted molar refractivity (Wildman–Crippen MR) is 72.2 cm³/mol. The molecule has 0 fully saturated rings. The second kappa shape index (κ2) is 6.56. The van der Waals surface area contributed by atoms with Gasteiger partial charge in [-0.3, -0.25) is 4.90 Å². The molecule has 0 radical (unpaired) electrons. The van der Waals surface area contributed by atoms with Gasteiger partial charge in [0.1, 0.15) is 23.7 Å². The molecule has 1 aromatic heterocycles. The summed E-state index contributed by atoms with van der Waals surface area (Å²) in [4.78, 5) is 24.5. The topological polar surface area (TPSA) is 69.0 Å². The van der Waals surface area contributed by atoms with Crippen LogP contribution in [0.25, 0.3) is 0 Å². The molecule has 112 valence electrons. The summed E-state index contributed by atoms with van der Waals surface area (Å²) in [6.07, 6.45) is 1.51. The van der Waals surface area contributed by atoms with E-state index in [1.165, 1.54) is 18.2 Å². The van der Waals surface area contributed by atoms with Crippen LogP contribution in [0.1, 0.15) is 38.1 Å². The van der Waals surface area contributed by atoms with Crippen LogP contribution < -0.4 is 0 Å². The number of aldehydes is 1. The van der Waals surface area contributed by atoms with Gasteiger partial charge in [0.15, 0.2) is 0 Å². The fraction of sp³-hybridized carbons (Fsp3) is 0.571. The Morgan fingerprint density at radius 1 is 1.50 bits per heavy atom. The van der Waals surface area contributed by atoms with Gasteiger partial charge in [-0.2, -0.15) is 0 Å². The average molecular weight is 283 g/mol. The molecule has 0 aliphatic carbocycles. The molecule has 1 aromatic rings. The second-order valence-corrected chi connectivity index (χ2v) is 5.42. The number of ether oxygens (including phenoxy) is 2. The number of nitrogens with zero attached hydrogens (tertiary/aromatic N) is 1. The van der Waals surface area contributed by atoms with Crippen molar-refractivity contribution < 1.29 is 23.5 Å². The Labute approximate surface area is 118 Å². The number of rotatable bonds is 5. The third-order valence-electron chi connectivity index (χ3n) is 2.58. The molecule has 1 unspecified atom stereocenters. The Bertz CT molecular complexity index is 460. The molecule has 0 aliphatic rings. The fourth-order valence-corrected chi connectivity index (χ4v) is 1.66. The van der Waals surface area contributed by atoms with E-state index in [0.29, 0.717) is 18.7 Å². The van der Waals surface area contributed by atoms with Gasteiger partial charge in [-0.25, -0.2) is 4.79 Å².